The highest BCUT2D eigenvalue weighted by Crippen LogP contribution is 2.29. The molecular formula is C23H25F3N6O3. The van der Waals surface area contributed by atoms with Crippen LogP contribution in [0.4, 0.5) is 23.7 Å². The Kier molecular flexibility index (Phi) is 6.98. The number of nitriles is 1. The van der Waals surface area contributed by atoms with Gasteiger partial charge in [-0.3, -0.25) is 9.48 Å². The Labute approximate surface area is 200 Å². The summed E-state index contributed by atoms with van der Waals surface area (Å²) in [6, 6.07) is 4.78. The van der Waals surface area contributed by atoms with Gasteiger partial charge in [0.2, 0.25) is 0 Å². The van der Waals surface area contributed by atoms with E-state index in [0.717, 1.165) is 6.07 Å². The summed E-state index contributed by atoms with van der Waals surface area (Å²) in [6.07, 6.45) is -2.15. The van der Waals surface area contributed by atoms with Gasteiger partial charge in [-0.1, -0.05) is 0 Å². The number of anilines is 1. The van der Waals surface area contributed by atoms with Crippen molar-refractivity contribution in [2.45, 2.75) is 38.9 Å². The number of hydrogen-bond acceptors (Lipinski definition) is 5. The number of benzene rings is 1. The molecular weight excluding hydrogens is 465 g/mol. The Morgan fingerprint density at radius 1 is 1.37 bits per heavy atom. The number of alkyl halides is 2. The van der Waals surface area contributed by atoms with Crippen LogP contribution in [-0.2, 0) is 24.2 Å². The number of fused-ring (bicyclic) bond motifs is 3. The van der Waals surface area contributed by atoms with E-state index in [1.54, 1.807) is 22.7 Å². The van der Waals surface area contributed by atoms with Crippen molar-refractivity contribution in [2.75, 3.05) is 32.1 Å². The molecule has 0 spiro atoms. The first-order valence-corrected chi connectivity index (χ1v) is 11.1. The minimum Gasteiger partial charge on any atom is -0.375 e. The van der Waals surface area contributed by atoms with Gasteiger partial charge in [-0.2, -0.15) is 10.4 Å². The SMILES string of the molecule is C[C@@H]1Cc2nn3c(c2CN1C(=O)Nc1ccc(F)c(C#N)c1)C(=O)N(C)C[C@H](COCC(F)F)C3. The lowest BCUT2D eigenvalue weighted by Gasteiger charge is -2.33. The molecule has 0 radical (unpaired) electrons. The van der Waals surface area contributed by atoms with Crippen molar-refractivity contribution in [3.05, 3.63) is 46.5 Å². The summed E-state index contributed by atoms with van der Waals surface area (Å²) in [7, 11) is 1.63. The molecule has 0 aliphatic carbocycles. The molecule has 0 unspecified atom stereocenters. The maximum absolute atomic E-state index is 13.6. The summed E-state index contributed by atoms with van der Waals surface area (Å²) in [5.74, 6) is -1.15. The molecule has 2 aromatic rings. The average Bonchev–Trinajstić information content (AvgIpc) is 3.09. The molecule has 1 aromatic heterocycles. The minimum atomic E-state index is -2.56. The Morgan fingerprint density at radius 3 is 2.86 bits per heavy atom. The van der Waals surface area contributed by atoms with Crippen LogP contribution in [0.15, 0.2) is 18.2 Å². The van der Waals surface area contributed by atoms with Gasteiger partial charge in [0.25, 0.3) is 12.3 Å². The van der Waals surface area contributed by atoms with Gasteiger partial charge in [-0.25, -0.2) is 18.0 Å². The van der Waals surface area contributed by atoms with Crippen molar-refractivity contribution < 1.29 is 27.5 Å². The summed E-state index contributed by atoms with van der Waals surface area (Å²) < 4.78 is 45.2. The number of amides is 3. The highest BCUT2D eigenvalue weighted by molar-refractivity contribution is 5.95. The van der Waals surface area contributed by atoms with Gasteiger partial charge in [-0.15, -0.1) is 0 Å². The summed E-state index contributed by atoms with van der Waals surface area (Å²) in [5.41, 5.74) is 1.82. The fourth-order valence-electron chi connectivity index (χ4n) is 4.50. The summed E-state index contributed by atoms with van der Waals surface area (Å²) >= 11 is 0. The molecule has 35 heavy (non-hydrogen) atoms. The fourth-order valence-corrected chi connectivity index (χ4v) is 4.50. The molecule has 0 bridgehead atoms. The molecule has 1 N–H and O–H groups in total. The van der Waals surface area contributed by atoms with Gasteiger partial charge >= 0.3 is 6.03 Å². The number of nitrogens with one attached hydrogen (secondary N) is 1. The van der Waals surface area contributed by atoms with Crippen molar-refractivity contribution in [2.24, 2.45) is 5.92 Å². The second kappa shape index (κ2) is 9.95. The number of rotatable bonds is 5. The van der Waals surface area contributed by atoms with E-state index in [0.29, 0.717) is 36.5 Å². The maximum Gasteiger partial charge on any atom is 0.322 e. The number of nitrogens with zero attached hydrogens (tertiary/aromatic N) is 5. The molecule has 0 saturated heterocycles. The number of halogens is 3. The Morgan fingerprint density at radius 2 is 2.14 bits per heavy atom. The normalized spacial score (nSPS) is 19.7. The van der Waals surface area contributed by atoms with Crippen molar-refractivity contribution in [3.8, 4) is 6.07 Å². The van der Waals surface area contributed by atoms with Gasteiger partial charge in [0.15, 0.2) is 0 Å². The van der Waals surface area contributed by atoms with E-state index >= 15 is 0 Å². The van der Waals surface area contributed by atoms with E-state index < -0.39 is 24.9 Å². The highest BCUT2D eigenvalue weighted by atomic mass is 19.3. The first-order chi connectivity index (χ1) is 16.7. The van der Waals surface area contributed by atoms with E-state index in [2.05, 4.69) is 10.4 Å². The zero-order valence-electron chi connectivity index (χ0n) is 19.3. The highest BCUT2D eigenvalue weighted by Gasteiger charge is 2.37. The summed E-state index contributed by atoms with van der Waals surface area (Å²) in [5, 5.41) is 16.3. The van der Waals surface area contributed by atoms with Crippen molar-refractivity contribution in [3.63, 3.8) is 0 Å². The summed E-state index contributed by atoms with van der Waals surface area (Å²) in [6.45, 7) is 2.05. The average molecular weight is 490 g/mol. The van der Waals surface area contributed by atoms with Gasteiger partial charge in [0, 0.05) is 49.8 Å². The van der Waals surface area contributed by atoms with Crippen LogP contribution >= 0.6 is 0 Å². The minimum absolute atomic E-state index is 0.0687. The third kappa shape index (κ3) is 5.09. The molecule has 3 heterocycles. The molecule has 186 valence electrons. The molecule has 9 nitrogen and oxygen atoms in total. The molecule has 2 atom stereocenters. The van der Waals surface area contributed by atoms with E-state index in [9.17, 15) is 22.8 Å². The first kappa shape index (κ1) is 24.5. The van der Waals surface area contributed by atoms with Crippen molar-refractivity contribution in [1.82, 2.24) is 19.6 Å². The van der Waals surface area contributed by atoms with Crippen LogP contribution in [0.1, 0.15) is 34.2 Å². The third-order valence-corrected chi connectivity index (χ3v) is 6.19. The van der Waals surface area contributed by atoms with E-state index in [1.165, 1.54) is 17.0 Å². The standard InChI is InChI=1S/C23H25F3N6O3/c1-13-5-19-17(10-31(13)23(34)28-16-3-4-18(24)15(6-16)7-27)21-22(33)30(2)8-14(9-32(21)29-19)11-35-12-20(25)26/h3-4,6,13-14,20H,5,8-12H2,1-2H3,(H,28,34)/t13-,14+/m1/s1. The molecule has 2 aliphatic heterocycles. The van der Waals surface area contributed by atoms with Crippen LogP contribution < -0.4 is 5.32 Å². The predicted octanol–water partition coefficient (Wildman–Crippen LogP) is 2.86. The van der Waals surface area contributed by atoms with E-state index in [-0.39, 0.29) is 42.3 Å². The zero-order chi connectivity index (χ0) is 25.3. The van der Waals surface area contributed by atoms with Gasteiger partial charge in [-0.05, 0) is 25.1 Å². The second-order valence-electron chi connectivity index (χ2n) is 8.85. The first-order valence-electron chi connectivity index (χ1n) is 11.1. The lowest BCUT2D eigenvalue weighted by molar-refractivity contribution is -0.00113. The number of carbonyl (C=O) groups excluding carboxylic acids is 2. The topological polar surface area (TPSA) is 103 Å². The Hall–Kier alpha value is -3.59. The molecule has 12 heteroatoms. The maximum atomic E-state index is 13.6. The number of ether oxygens (including phenoxy) is 1. The number of urea groups is 1. The quantitative estimate of drug-likeness (QED) is 0.694. The number of aromatic nitrogens is 2. The monoisotopic (exact) mass is 490 g/mol. The second-order valence-corrected chi connectivity index (χ2v) is 8.85. The predicted molar refractivity (Wildman–Crippen MR) is 118 cm³/mol. The molecule has 3 amide bonds. The Bertz CT molecular complexity index is 1180. The molecule has 0 saturated carbocycles. The van der Waals surface area contributed by atoms with Crippen LogP contribution in [0.25, 0.3) is 0 Å². The fraction of sp³-hybridized carbons (Fsp3) is 0.478. The van der Waals surface area contributed by atoms with Crippen LogP contribution in [-0.4, -0.2) is 70.8 Å². The number of carbonyl (C=O) groups is 2. The number of hydrogen-bond donors (Lipinski definition) is 1. The van der Waals surface area contributed by atoms with Crippen LogP contribution in [0.2, 0.25) is 0 Å². The molecule has 2 aliphatic rings. The van der Waals surface area contributed by atoms with Crippen LogP contribution in [0.3, 0.4) is 0 Å². The third-order valence-electron chi connectivity index (χ3n) is 6.19. The molecule has 1 aromatic carbocycles. The van der Waals surface area contributed by atoms with Crippen molar-refractivity contribution in [1.29, 1.82) is 5.26 Å². The van der Waals surface area contributed by atoms with Crippen LogP contribution in [0, 0.1) is 23.1 Å². The smallest absolute Gasteiger partial charge is 0.322 e. The zero-order valence-corrected chi connectivity index (χ0v) is 19.3. The largest absolute Gasteiger partial charge is 0.375 e. The van der Waals surface area contributed by atoms with E-state index in [1.807, 2.05) is 6.92 Å². The lowest BCUT2D eigenvalue weighted by Crippen LogP contribution is -2.45. The van der Waals surface area contributed by atoms with Crippen LogP contribution in [0.5, 0.6) is 0 Å². The van der Waals surface area contributed by atoms with Gasteiger partial charge in [0.1, 0.15) is 24.2 Å². The molecule has 4 rings (SSSR count). The summed E-state index contributed by atoms with van der Waals surface area (Å²) in [4.78, 5) is 29.3. The van der Waals surface area contributed by atoms with Gasteiger partial charge in [0.05, 0.1) is 24.4 Å². The Balaban J connectivity index is 1.55. The van der Waals surface area contributed by atoms with Gasteiger partial charge < -0.3 is 19.9 Å². The van der Waals surface area contributed by atoms with Crippen molar-refractivity contribution >= 4 is 17.6 Å². The van der Waals surface area contributed by atoms with E-state index in [4.69, 9.17) is 10.00 Å². The lowest BCUT2D eigenvalue weighted by atomic mass is 9.99. The molecule has 0 fully saturated rings.